The molecule has 0 bridgehead atoms. The van der Waals surface area contributed by atoms with Crippen LogP contribution in [0.4, 0.5) is 4.79 Å². The van der Waals surface area contributed by atoms with Gasteiger partial charge in [0.15, 0.2) is 5.69 Å². The summed E-state index contributed by atoms with van der Waals surface area (Å²) in [5.41, 5.74) is 1.04. The summed E-state index contributed by atoms with van der Waals surface area (Å²) in [5.74, 6) is -1.07. The van der Waals surface area contributed by atoms with E-state index in [9.17, 15) is 9.59 Å². The summed E-state index contributed by atoms with van der Waals surface area (Å²) in [7, 11) is 0. The predicted octanol–water partition coefficient (Wildman–Crippen LogP) is 1.90. The lowest BCUT2D eigenvalue weighted by molar-refractivity contribution is 0.0691. The lowest BCUT2D eigenvalue weighted by Gasteiger charge is -2.04. The van der Waals surface area contributed by atoms with Crippen LogP contribution in [0.2, 0.25) is 0 Å². The lowest BCUT2D eigenvalue weighted by Crippen LogP contribution is -2.34. The SMILES string of the molecule is O=C(NCc1ccsc1)NCc1nc(C(=O)O)cs1. The number of thiazole rings is 1. The maximum atomic E-state index is 11.5. The molecular formula is C11H11N3O3S2. The number of aromatic nitrogens is 1. The molecule has 6 nitrogen and oxygen atoms in total. The van der Waals surface area contributed by atoms with Crippen LogP contribution in [-0.4, -0.2) is 22.1 Å². The first-order valence-electron chi connectivity index (χ1n) is 5.35. The quantitative estimate of drug-likeness (QED) is 0.786. The fraction of sp³-hybridized carbons (Fsp3) is 0.182. The van der Waals surface area contributed by atoms with Crippen LogP contribution >= 0.6 is 22.7 Å². The van der Waals surface area contributed by atoms with Crippen LogP contribution in [-0.2, 0) is 13.1 Å². The Balaban J connectivity index is 1.75. The number of carboxylic acids is 1. The molecule has 100 valence electrons. The van der Waals surface area contributed by atoms with Crippen LogP contribution in [0, 0.1) is 0 Å². The number of urea groups is 1. The minimum absolute atomic E-state index is 0.000446. The molecule has 0 atom stereocenters. The van der Waals surface area contributed by atoms with E-state index in [1.165, 1.54) is 16.7 Å². The Bertz CT molecular complexity index is 566. The largest absolute Gasteiger partial charge is 0.476 e. The predicted molar refractivity (Wildman–Crippen MR) is 72.5 cm³/mol. The highest BCUT2D eigenvalue weighted by Gasteiger charge is 2.09. The van der Waals surface area contributed by atoms with Crippen molar-refractivity contribution < 1.29 is 14.7 Å². The summed E-state index contributed by atoms with van der Waals surface area (Å²) >= 11 is 2.77. The zero-order valence-corrected chi connectivity index (χ0v) is 11.4. The number of thiophene rings is 1. The van der Waals surface area contributed by atoms with Crippen LogP contribution in [0.5, 0.6) is 0 Å². The summed E-state index contributed by atoms with van der Waals surface area (Å²) < 4.78 is 0. The minimum atomic E-state index is -1.07. The molecule has 2 aromatic heterocycles. The van der Waals surface area contributed by atoms with Crippen molar-refractivity contribution in [2.75, 3.05) is 0 Å². The molecule has 19 heavy (non-hydrogen) atoms. The maximum absolute atomic E-state index is 11.5. The van der Waals surface area contributed by atoms with Crippen molar-refractivity contribution in [2.24, 2.45) is 0 Å². The van der Waals surface area contributed by atoms with Crippen molar-refractivity contribution in [1.29, 1.82) is 0 Å². The van der Waals surface area contributed by atoms with Crippen LogP contribution in [0.15, 0.2) is 22.2 Å². The number of hydrogen-bond donors (Lipinski definition) is 3. The molecule has 8 heteroatoms. The number of hydrogen-bond acceptors (Lipinski definition) is 5. The van der Waals surface area contributed by atoms with Crippen molar-refractivity contribution >= 4 is 34.7 Å². The van der Waals surface area contributed by atoms with E-state index < -0.39 is 5.97 Å². The summed E-state index contributed by atoms with van der Waals surface area (Å²) in [6.07, 6.45) is 0. The second kappa shape index (κ2) is 6.30. The van der Waals surface area contributed by atoms with Gasteiger partial charge in [0.1, 0.15) is 5.01 Å². The maximum Gasteiger partial charge on any atom is 0.355 e. The number of carbonyl (C=O) groups excluding carboxylic acids is 1. The Morgan fingerprint density at radius 1 is 1.26 bits per heavy atom. The molecule has 0 saturated heterocycles. The second-order valence-corrected chi connectivity index (χ2v) is 5.32. The average molecular weight is 297 g/mol. The summed E-state index contributed by atoms with van der Waals surface area (Å²) in [4.78, 5) is 26.0. The van der Waals surface area contributed by atoms with E-state index in [1.807, 2.05) is 16.8 Å². The standard InChI is InChI=1S/C11H11N3O3S2/c15-10(16)8-6-19-9(14-8)4-13-11(17)12-3-7-1-2-18-5-7/h1-2,5-6H,3-4H2,(H,15,16)(H2,12,13,17). The molecule has 0 fully saturated rings. The van der Waals surface area contributed by atoms with Gasteiger partial charge in [-0.15, -0.1) is 11.3 Å². The third-order valence-electron chi connectivity index (χ3n) is 2.20. The van der Waals surface area contributed by atoms with Crippen molar-refractivity contribution in [1.82, 2.24) is 15.6 Å². The van der Waals surface area contributed by atoms with Crippen LogP contribution < -0.4 is 10.6 Å². The number of aromatic carboxylic acids is 1. The van der Waals surface area contributed by atoms with Gasteiger partial charge in [0.2, 0.25) is 0 Å². The van der Waals surface area contributed by atoms with E-state index in [2.05, 4.69) is 15.6 Å². The normalized spacial score (nSPS) is 10.1. The topological polar surface area (TPSA) is 91.3 Å². The van der Waals surface area contributed by atoms with E-state index in [0.29, 0.717) is 11.6 Å². The van der Waals surface area contributed by atoms with Crippen molar-refractivity contribution in [3.8, 4) is 0 Å². The molecule has 0 aliphatic carbocycles. The fourth-order valence-electron chi connectivity index (χ4n) is 1.28. The van der Waals surface area contributed by atoms with E-state index in [-0.39, 0.29) is 18.3 Å². The van der Waals surface area contributed by atoms with E-state index in [4.69, 9.17) is 5.11 Å². The molecule has 2 heterocycles. The van der Waals surface area contributed by atoms with E-state index >= 15 is 0 Å². The summed E-state index contributed by atoms with van der Waals surface area (Å²) in [6, 6.07) is 1.63. The Hall–Kier alpha value is -1.93. The van der Waals surface area contributed by atoms with Gasteiger partial charge in [0.05, 0.1) is 6.54 Å². The summed E-state index contributed by atoms with van der Waals surface area (Å²) in [6.45, 7) is 0.682. The number of carboxylic acid groups (broad SMARTS) is 1. The smallest absolute Gasteiger partial charge is 0.355 e. The van der Waals surface area contributed by atoms with Crippen molar-refractivity contribution in [3.05, 3.63) is 38.5 Å². The fourth-order valence-corrected chi connectivity index (χ4v) is 2.66. The van der Waals surface area contributed by atoms with Gasteiger partial charge in [-0.05, 0) is 22.4 Å². The van der Waals surface area contributed by atoms with E-state index in [1.54, 1.807) is 11.3 Å². The van der Waals surface area contributed by atoms with Gasteiger partial charge in [0, 0.05) is 11.9 Å². The van der Waals surface area contributed by atoms with Crippen LogP contribution in [0.3, 0.4) is 0 Å². The first-order valence-corrected chi connectivity index (χ1v) is 7.18. The molecule has 0 unspecified atom stereocenters. The molecule has 0 aliphatic heterocycles. The van der Waals surface area contributed by atoms with Gasteiger partial charge in [0.25, 0.3) is 0 Å². The third-order valence-corrected chi connectivity index (χ3v) is 3.79. The number of rotatable bonds is 5. The van der Waals surface area contributed by atoms with Gasteiger partial charge in [-0.1, -0.05) is 0 Å². The Morgan fingerprint density at radius 3 is 2.68 bits per heavy atom. The van der Waals surface area contributed by atoms with Crippen LogP contribution in [0.25, 0.3) is 0 Å². The Morgan fingerprint density at radius 2 is 2.05 bits per heavy atom. The van der Waals surface area contributed by atoms with Gasteiger partial charge in [-0.3, -0.25) is 0 Å². The molecule has 0 saturated carbocycles. The number of nitrogens with one attached hydrogen (secondary N) is 2. The highest BCUT2D eigenvalue weighted by molar-refractivity contribution is 7.09. The highest BCUT2D eigenvalue weighted by atomic mass is 32.1. The highest BCUT2D eigenvalue weighted by Crippen LogP contribution is 2.09. The first-order chi connectivity index (χ1) is 9.15. The zero-order chi connectivity index (χ0) is 13.7. The molecule has 0 radical (unpaired) electrons. The molecule has 0 spiro atoms. The van der Waals surface area contributed by atoms with E-state index in [0.717, 1.165) is 5.56 Å². The average Bonchev–Trinajstić information content (AvgIpc) is 3.05. The summed E-state index contributed by atoms with van der Waals surface area (Å²) in [5, 5.41) is 19.9. The van der Waals surface area contributed by atoms with Gasteiger partial charge >= 0.3 is 12.0 Å². The van der Waals surface area contributed by atoms with Crippen LogP contribution in [0.1, 0.15) is 21.1 Å². The molecule has 0 aliphatic rings. The third kappa shape index (κ3) is 4.04. The number of nitrogens with zero attached hydrogens (tertiary/aromatic N) is 1. The number of amides is 2. The number of carbonyl (C=O) groups is 2. The van der Waals surface area contributed by atoms with Crippen molar-refractivity contribution in [3.63, 3.8) is 0 Å². The lowest BCUT2D eigenvalue weighted by atomic mass is 10.3. The Kier molecular flexibility index (Phi) is 4.48. The molecule has 2 rings (SSSR count). The zero-order valence-electron chi connectivity index (χ0n) is 9.75. The van der Waals surface area contributed by atoms with Gasteiger partial charge < -0.3 is 15.7 Å². The molecule has 2 amide bonds. The second-order valence-electron chi connectivity index (χ2n) is 3.60. The minimum Gasteiger partial charge on any atom is -0.476 e. The van der Waals surface area contributed by atoms with Crippen molar-refractivity contribution in [2.45, 2.75) is 13.1 Å². The van der Waals surface area contributed by atoms with Gasteiger partial charge in [-0.25, -0.2) is 14.6 Å². The Labute approximate surface area is 117 Å². The molecule has 2 aromatic rings. The molecule has 0 aromatic carbocycles. The van der Waals surface area contributed by atoms with Gasteiger partial charge in [-0.2, -0.15) is 11.3 Å². The first kappa shape index (κ1) is 13.5. The molecular weight excluding hydrogens is 286 g/mol. The molecule has 3 N–H and O–H groups in total. The monoisotopic (exact) mass is 297 g/mol.